The molecule has 2 aromatic rings. The number of hydrogen-bond donors (Lipinski definition) is 1. The topological polar surface area (TPSA) is 70.1 Å². The summed E-state index contributed by atoms with van der Waals surface area (Å²) in [5, 5.41) is 9.80. The predicted molar refractivity (Wildman–Crippen MR) is 111 cm³/mol. The highest BCUT2D eigenvalue weighted by Gasteiger charge is 2.31. The van der Waals surface area contributed by atoms with E-state index in [4.69, 9.17) is 0 Å². The van der Waals surface area contributed by atoms with Crippen LogP contribution in [0.25, 0.3) is 0 Å². The standard InChI is InChI=1S/C21H25F3N2O4S/c1-25(12-10-17-4-2-3-5-20(17)26-13-11-18(27)14-26)31(28,29)15-16-6-8-19(9-7-16)30-21(22,23)24/h2-9,18,27H,10-15H2,1H3/t18-/m0/s1. The number of hydrogen-bond acceptors (Lipinski definition) is 5. The quantitative estimate of drug-likeness (QED) is 0.658. The molecule has 2 aromatic carbocycles. The Morgan fingerprint density at radius 1 is 1.16 bits per heavy atom. The van der Waals surface area contributed by atoms with Gasteiger partial charge in [-0.1, -0.05) is 30.3 Å². The fraction of sp³-hybridized carbons (Fsp3) is 0.429. The molecule has 31 heavy (non-hydrogen) atoms. The molecule has 1 saturated heterocycles. The summed E-state index contributed by atoms with van der Waals surface area (Å²) in [5.74, 6) is -0.721. The summed E-state index contributed by atoms with van der Waals surface area (Å²) in [7, 11) is -2.17. The van der Waals surface area contributed by atoms with E-state index < -0.39 is 22.1 Å². The fourth-order valence-corrected chi connectivity index (χ4v) is 4.72. The molecule has 1 heterocycles. The number of rotatable bonds is 8. The SMILES string of the molecule is CN(CCc1ccccc1N1CC[C@H](O)C1)S(=O)(=O)Cc1ccc(OC(F)(F)F)cc1. The molecule has 0 radical (unpaired) electrons. The van der Waals surface area contributed by atoms with Gasteiger partial charge in [0, 0.05) is 32.4 Å². The Labute approximate surface area is 179 Å². The summed E-state index contributed by atoms with van der Waals surface area (Å²) in [4.78, 5) is 2.10. The Hall–Kier alpha value is -2.30. The number of anilines is 1. The molecule has 1 N–H and O–H groups in total. The molecule has 0 unspecified atom stereocenters. The average Bonchev–Trinajstić information content (AvgIpc) is 3.12. The lowest BCUT2D eigenvalue weighted by atomic mass is 10.1. The van der Waals surface area contributed by atoms with Crippen molar-refractivity contribution in [2.24, 2.45) is 0 Å². The number of β-amino-alcohol motifs (C(OH)–C–C–N with tert-alkyl or cyclic N) is 1. The van der Waals surface area contributed by atoms with Gasteiger partial charge in [-0.3, -0.25) is 0 Å². The van der Waals surface area contributed by atoms with Crippen molar-refractivity contribution in [1.29, 1.82) is 0 Å². The van der Waals surface area contributed by atoms with E-state index >= 15 is 0 Å². The van der Waals surface area contributed by atoms with Gasteiger partial charge >= 0.3 is 6.36 Å². The smallest absolute Gasteiger partial charge is 0.406 e. The van der Waals surface area contributed by atoms with Crippen LogP contribution >= 0.6 is 0 Å². The van der Waals surface area contributed by atoms with Crippen molar-refractivity contribution in [2.75, 3.05) is 31.6 Å². The van der Waals surface area contributed by atoms with Gasteiger partial charge in [-0.15, -0.1) is 13.2 Å². The van der Waals surface area contributed by atoms with Crippen LogP contribution in [-0.2, 0) is 22.2 Å². The molecule has 0 aromatic heterocycles. The summed E-state index contributed by atoms with van der Waals surface area (Å²) in [6.07, 6.45) is -3.95. The highest BCUT2D eigenvalue weighted by atomic mass is 32.2. The molecule has 1 aliphatic heterocycles. The first-order chi connectivity index (χ1) is 14.5. The van der Waals surface area contributed by atoms with Crippen LogP contribution in [0.1, 0.15) is 17.5 Å². The first-order valence-electron chi connectivity index (χ1n) is 9.83. The zero-order chi connectivity index (χ0) is 22.6. The third kappa shape index (κ3) is 6.59. The summed E-state index contributed by atoms with van der Waals surface area (Å²) < 4.78 is 67.2. The van der Waals surface area contributed by atoms with Gasteiger partial charge in [-0.2, -0.15) is 0 Å². The van der Waals surface area contributed by atoms with Crippen molar-refractivity contribution in [3.05, 3.63) is 59.7 Å². The molecule has 0 aliphatic carbocycles. The minimum Gasteiger partial charge on any atom is -0.406 e. The number of benzene rings is 2. The molecule has 0 amide bonds. The number of halogens is 3. The van der Waals surface area contributed by atoms with E-state index in [1.165, 1.54) is 23.5 Å². The maximum atomic E-state index is 12.7. The maximum absolute atomic E-state index is 12.7. The van der Waals surface area contributed by atoms with Gasteiger partial charge in [0.05, 0.1) is 11.9 Å². The van der Waals surface area contributed by atoms with Crippen LogP contribution in [0.5, 0.6) is 5.75 Å². The van der Waals surface area contributed by atoms with Crippen molar-refractivity contribution in [3.8, 4) is 5.75 Å². The van der Waals surface area contributed by atoms with Gasteiger partial charge < -0.3 is 14.7 Å². The van der Waals surface area contributed by atoms with Crippen molar-refractivity contribution in [1.82, 2.24) is 4.31 Å². The largest absolute Gasteiger partial charge is 0.573 e. The van der Waals surface area contributed by atoms with E-state index in [0.717, 1.165) is 29.9 Å². The number of aliphatic hydroxyl groups is 1. The number of alkyl halides is 3. The summed E-state index contributed by atoms with van der Waals surface area (Å²) >= 11 is 0. The van der Waals surface area contributed by atoms with Gasteiger partial charge in [0.15, 0.2) is 0 Å². The minimum absolute atomic E-state index is 0.255. The van der Waals surface area contributed by atoms with Crippen LogP contribution in [0.4, 0.5) is 18.9 Å². The van der Waals surface area contributed by atoms with E-state index in [0.29, 0.717) is 24.9 Å². The Bertz CT molecular complexity index is 981. The van der Waals surface area contributed by atoms with E-state index in [9.17, 15) is 26.7 Å². The summed E-state index contributed by atoms with van der Waals surface area (Å²) in [5.41, 5.74) is 2.35. The second-order valence-electron chi connectivity index (χ2n) is 7.54. The number of aliphatic hydroxyl groups excluding tert-OH is 1. The molecule has 0 saturated carbocycles. The molecule has 6 nitrogen and oxygen atoms in total. The van der Waals surface area contributed by atoms with E-state index in [1.807, 2.05) is 24.3 Å². The van der Waals surface area contributed by atoms with Crippen LogP contribution in [0.15, 0.2) is 48.5 Å². The zero-order valence-electron chi connectivity index (χ0n) is 17.0. The van der Waals surface area contributed by atoms with Gasteiger partial charge in [-0.05, 0) is 42.2 Å². The highest BCUT2D eigenvalue weighted by Crippen LogP contribution is 2.26. The van der Waals surface area contributed by atoms with E-state index in [2.05, 4.69) is 9.64 Å². The van der Waals surface area contributed by atoms with Crippen LogP contribution in [0.3, 0.4) is 0 Å². The zero-order valence-corrected chi connectivity index (χ0v) is 17.9. The third-order valence-electron chi connectivity index (χ3n) is 5.17. The Morgan fingerprint density at radius 3 is 2.45 bits per heavy atom. The number of sulfonamides is 1. The number of para-hydroxylation sites is 1. The summed E-state index contributed by atoms with van der Waals surface area (Å²) in [6, 6.07) is 12.5. The first kappa shape index (κ1) is 23.4. The number of nitrogens with zero attached hydrogens (tertiary/aromatic N) is 2. The monoisotopic (exact) mass is 458 g/mol. The molecule has 0 spiro atoms. The normalized spacial score (nSPS) is 17.4. The molecule has 3 rings (SSSR count). The number of ether oxygens (including phenoxy) is 1. The molecule has 170 valence electrons. The minimum atomic E-state index is -4.79. The Balaban J connectivity index is 1.61. The molecule has 1 atom stereocenters. The molecular weight excluding hydrogens is 433 g/mol. The second kappa shape index (κ2) is 9.46. The predicted octanol–water partition coefficient (Wildman–Crippen LogP) is 3.16. The van der Waals surface area contributed by atoms with Crippen molar-refractivity contribution in [3.63, 3.8) is 0 Å². The highest BCUT2D eigenvalue weighted by molar-refractivity contribution is 7.88. The lowest BCUT2D eigenvalue weighted by molar-refractivity contribution is -0.274. The molecular formula is C21H25F3N2O4S. The summed E-state index contributed by atoms with van der Waals surface area (Å²) in [6.45, 7) is 1.56. The second-order valence-corrected chi connectivity index (χ2v) is 9.61. The van der Waals surface area contributed by atoms with Crippen LogP contribution in [0.2, 0.25) is 0 Å². The van der Waals surface area contributed by atoms with Crippen LogP contribution in [-0.4, -0.2) is 57.0 Å². The van der Waals surface area contributed by atoms with E-state index in [1.54, 1.807) is 0 Å². The lowest BCUT2D eigenvalue weighted by Gasteiger charge is -2.23. The van der Waals surface area contributed by atoms with Crippen molar-refractivity contribution < 1.29 is 31.4 Å². The van der Waals surface area contributed by atoms with Gasteiger partial charge in [-0.25, -0.2) is 12.7 Å². The Kier molecular flexibility index (Phi) is 7.13. The van der Waals surface area contributed by atoms with Crippen molar-refractivity contribution in [2.45, 2.75) is 31.1 Å². The molecule has 0 bridgehead atoms. The first-order valence-corrected chi connectivity index (χ1v) is 11.4. The maximum Gasteiger partial charge on any atom is 0.573 e. The molecule has 1 aliphatic rings. The lowest BCUT2D eigenvalue weighted by Crippen LogP contribution is -2.30. The van der Waals surface area contributed by atoms with Gasteiger partial charge in [0.25, 0.3) is 0 Å². The van der Waals surface area contributed by atoms with Crippen molar-refractivity contribution >= 4 is 15.7 Å². The molecule has 1 fully saturated rings. The third-order valence-corrected chi connectivity index (χ3v) is 7.00. The van der Waals surface area contributed by atoms with Crippen LogP contribution in [0, 0.1) is 0 Å². The van der Waals surface area contributed by atoms with E-state index in [-0.39, 0.29) is 18.4 Å². The van der Waals surface area contributed by atoms with Crippen LogP contribution < -0.4 is 9.64 Å². The molecule has 10 heteroatoms. The van der Waals surface area contributed by atoms with Gasteiger partial charge in [0.1, 0.15) is 5.75 Å². The van der Waals surface area contributed by atoms with Gasteiger partial charge in [0.2, 0.25) is 10.0 Å². The average molecular weight is 459 g/mol. The number of likely N-dealkylation sites (N-methyl/N-ethyl adjacent to an activating group) is 1. The fourth-order valence-electron chi connectivity index (χ4n) is 3.52. The Morgan fingerprint density at radius 2 is 1.84 bits per heavy atom.